The van der Waals surface area contributed by atoms with Crippen LogP contribution in [0.1, 0.15) is 12.0 Å². The van der Waals surface area contributed by atoms with Crippen LogP contribution in [0.25, 0.3) is 0 Å². The van der Waals surface area contributed by atoms with Gasteiger partial charge in [-0.05, 0) is 50.3 Å². The second kappa shape index (κ2) is 10.5. The first-order valence-corrected chi connectivity index (χ1v) is 10.4. The molecule has 1 saturated heterocycles. The van der Waals surface area contributed by atoms with Crippen LogP contribution in [0.5, 0.6) is 0 Å². The van der Waals surface area contributed by atoms with Gasteiger partial charge in [-0.1, -0.05) is 23.9 Å². The quantitative estimate of drug-likeness (QED) is 0.548. The number of anilines is 2. The zero-order valence-corrected chi connectivity index (χ0v) is 19.1. The van der Waals surface area contributed by atoms with E-state index in [4.69, 9.17) is 0 Å². The number of piperazine rings is 1. The molecule has 3 nitrogen and oxygen atoms in total. The fourth-order valence-corrected chi connectivity index (χ4v) is 4.85. The summed E-state index contributed by atoms with van der Waals surface area (Å²) >= 11 is 1.54. The van der Waals surface area contributed by atoms with Crippen molar-refractivity contribution in [3.05, 3.63) is 48.0 Å². The van der Waals surface area contributed by atoms with Crippen LogP contribution in [0.15, 0.2) is 52.3 Å². The highest BCUT2D eigenvalue weighted by molar-refractivity contribution is 7.99. The lowest BCUT2D eigenvalue weighted by atomic mass is 10.1. The Morgan fingerprint density at radius 3 is 2.23 bits per heavy atom. The minimum Gasteiger partial charge on any atom is -0.340 e. The van der Waals surface area contributed by atoms with Gasteiger partial charge in [0.15, 0.2) is 0 Å². The summed E-state index contributed by atoms with van der Waals surface area (Å²) in [4.78, 5) is 8.80. The van der Waals surface area contributed by atoms with Gasteiger partial charge < -0.3 is 14.7 Å². The average molecular weight is 480 g/mol. The fourth-order valence-electron chi connectivity index (χ4n) is 3.77. The molecule has 1 fully saturated rings. The molecule has 0 N–H and O–H groups in total. The van der Waals surface area contributed by atoms with Gasteiger partial charge in [0.25, 0.3) is 0 Å². The maximum absolute atomic E-state index is 13.3. The Labute approximate surface area is 192 Å². The number of nitrogens with zero attached hydrogens (tertiary/aromatic N) is 3. The zero-order valence-electron chi connectivity index (χ0n) is 16.7. The molecule has 166 valence electrons. The van der Waals surface area contributed by atoms with Crippen LogP contribution in [-0.4, -0.2) is 56.1 Å². The lowest BCUT2D eigenvalue weighted by Gasteiger charge is -2.35. The Balaban J connectivity index is 0.00000160. The van der Waals surface area contributed by atoms with Gasteiger partial charge in [-0.25, -0.2) is 0 Å². The van der Waals surface area contributed by atoms with Gasteiger partial charge in [0.1, 0.15) is 0 Å². The molecule has 0 aromatic heterocycles. The number of benzene rings is 2. The highest BCUT2D eigenvalue weighted by Gasteiger charge is 2.33. The van der Waals surface area contributed by atoms with Crippen molar-refractivity contribution in [1.29, 1.82) is 0 Å². The Hall–Kier alpha value is -1.12. The van der Waals surface area contributed by atoms with E-state index in [-0.39, 0.29) is 24.8 Å². The van der Waals surface area contributed by atoms with Crippen LogP contribution in [0.4, 0.5) is 24.5 Å². The molecule has 0 spiro atoms. The van der Waals surface area contributed by atoms with Crippen molar-refractivity contribution in [3.8, 4) is 0 Å². The van der Waals surface area contributed by atoms with Gasteiger partial charge in [0.2, 0.25) is 0 Å². The van der Waals surface area contributed by atoms with E-state index in [9.17, 15) is 13.2 Å². The largest absolute Gasteiger partial charge is 0.416 e. The van der Waals surface area contributed by atoms with Crippen molar-refractivity contribution in [2.45, 2.75) is 22.4 Å². The summed E-state index contributed by atoms with van der Waals surface area (Å²) in [7, 11) is 2.13. The predicted octanol–water partition coefficient (Wildman–Crippen LogP) is 5.79. The van der Waals surface area contributed by atoms with Gasteiger partial charge in [0, 0.05) is 42.5 Å². The monoisotopic (exact) mass is 479 g/mol. The summed E-state index contributed by atoms with van der Waals surface area (Å²) in [5.74, 6) is 0. The SMILES string of the molecule is CN1CCN(CCCN2c3ccccc3Sc3ccc(C(F)(F)F)cc32)CC1.Cl.Cl. The standard InChI is InChI=1S/C21H24F3N3S.2ClH/c1-25-11-13-26(14-12-25)9-4-10-27-17-5-2-3-6-19(17)28-20-8-7-16(15-18(20)27)21(22,23)24;;/h2-3,5-8,15H,4,9-14H2,1H3;2*1H. The first-order chi connectivity index (χ1) is 13.4. The molecule has 0 bridgehead atoms. The molecular formula is C21H26Cl2F3N3S. The first kappa shape index (κ1) is 25.1. The van der Waals surface area contributed by atoms with Gasteiger partial charge in [-0.2, -0.15) is 13.2 Å². The number of halogens is 5. The summed E-state index contributed by atoms with van der Waals surface area (Å²) in [6.07, 6.45) is -3.42. The molecule has 2 aliphatic rings. The van der Waals surface area contributed by atoms with Gasteiger partial charge in [-0.3, -0.25) is 0 Å². The highest BCUT2D eigenvalue weighted by Crippen LogP contribution is 2.49. The second-order valence-corrected chi connectivity index (χ2v) is 8.48. The molecule has 0 atom stereocenters. The highest BCUT2D eigenvalue weighted by atomic mass is 35.5. The molecule has 2 aliphatic heterocycles. The number of likely N-dealkylation sites (N-methyl/N-ethyl adjacent to an activating group) is 1. The van der Waals surface area contributed by atoms with Crippen LogP contribution in [0, 0.1) is 0 Å². The van der Waals surface area contributed by atoms with Crippen molar-refractivity contribution < 1.29 is 13.2 Å². The topological polar surface area (TPSA) is 9.72 Å². The van der Waals surface area contributed by atoms with Crippen LogP contribution < -0.4 is 4.90 Å². The average Bonchev–Trinajstić information content (AvgIpc) is 2.68. The van der Waals surface area contributed by atoms with E-state index in [2.05, 4.69) is 21.7 Å². The third-order valence-corrected chi connectivity index (χ3v) is 6.54. The molecule has 0 amide bonds. The van der Waals surface area contributed by atoms with E-state index < -0.39 is 11.7 Å². The minimum atomic E-state index is -4.33. The number of alkyl halides is 3. The summed E-state index contributed by atoms with van der Waals surface area (Å²) < 4.78 is 39.8. The molecule has 0 aliphatic carbocycles. The van der Waals surface area contributed by atoms with E-state index in [1.165, 1.54) is 12.1 Å². The van der Waals surface area contributed by atoms with Crippen LogP contribution in [0.3, 0.4) is 0 Å². The van der Waals surface area contributed by atoms with E-state index in [1.54, 1.807) is 17.8 Å². The molecule has 2 aromatic rings. The first-order valence-electron chi connectivity index (χ1n) is 9.58. The van der Waals surface area contributed by atoms with Crippen molar-refractivity contribution >= 4 is 48.0 Å². The lowest BCUT2D eigenvalue weighted by molar-refractivity contribution is -0.137. The molecule has 0 saturated carbocycles. The molecule has 0 unspecified atom stereocenters. The second-order valence-electron chi connectivity index (χ2n) is 7.40. The van der Waals surface area contributed by atoms with E-state index in [0.717, 1.165) is 54.6 Å². The van der Waals surface area contributed by atoms with Crippen molar-refractivity contribution in [3.63, 3.8) is 0 Å². The summed E-state index contributed by atoms with van der Waals surface area (Å²) in [6.45, 7) is 5.92. The molecule has 4 rings (SSSR count). The van der Waals surface area contributed by atoms with Crippen LogP contribution >= 0.6 is 36.6 Å². The maximum atomic E-state index is 13.3. The van der Waals surface area contributed by atoms with Crippen LogP contribution in [0.2, 0.25) is 0 Å². The number of hydrogen-bond donors (Lipinski definition) is 0. The van der Waals surface area contributed by atoms with Crippen molar-refractivity contribution in [2.75, 3.05) is 51.2 Å². The van der Waals surface area contributed by atoms with Crippen LogP contribution in [-0.2, 0) is 6.18 Å². The Morgan fingerprint density at radius 2 is 1.53 bits per heavy atom. The third-order valence-electron chi connectivity index (χ3n) is 5.40. The van der Waals surface area contributed by atoms with Crippen molar-refractivity contribution in [2.24, 2.45) is 0 Å². The number of para-hydroxylation sites is 1. The lowest BCUT2D eigenvalue weighted by Crippen LogP contribution is -2.45. The zero-order chi connectivity index (χ0) is 19.7. The van der Waals surface area contributed by atoms with E-state index >= 15 is 0 Å². The minimum absolute atomic E-state index is 0. The molecule has 9 heteroatoms. The van der Waals surface area contributed by atoms with E-state index in [1.807, 2.05) is 24.3 Å². The smallest absolute Gasteiger partial charge is 0.340 e. The third kappa shape index (κ3) is 5.56. The molecule has 0 radical (unpaired) electrons. The number of rotatable bonds is 4. The van der Waals surface area contributed by atoms with Gasteiger partial charge in [0.05, 0.1) is 16.9 Å². The Bertz CT molecular complexity index is 842. The molecular weight excluding hydrogens is 454 g/mol. The summed E-state index contributed by atoms with van der Waals surface area (Å²) in [5.41, 5.74) is 1.07. The Kier molecular flexibility index (Phi) is 8.77. The molecule has 2 heterocycles. The number of hydrogen-bond acceptors (Lipinski definition) is 4. The fraction of sp³-hybridized carbons (Fsp3) is 0.429. The normalized spacial score (nSPS) is 16.9. The number of fused-ring (bicyclic) bond motifs is 2. The summed E-state index contributed by atoms with van der Waals surface area (Å²) in [6, 6.07) is 12.0. The van der Waals surface area contributed by atoms with Gasteiger partial charge in [-0.15, -0.1) is 24.8 Å². The summed E-state index contributed by atoms with van der Waals surface area (Å²) in [5, 5.41) is 0. The Morgan fingerprint density at radius 1 is 0.867 bits per heavy atom. The molecule has 2 aromatic carbocycles. The van der Waals surface area contributed by atoms with Crippen molar-refractivity contribution in [1.82, 2.24) is 9.80 Å². The van der Waals surface area contributed by atoms with Gasteiger partial charge >= 0.3 is 6.18 Å². The maximum Gasteiger partial charge on any atom is 0.416 e. The predicted molar refractivity (Wildman–Crippen MR) is 122 cm³/mol. The van der Waals surface area contributed by atoms with E-state index in [0.29, 0.717) is 12.2 Å². The molecule has 30 heavy (non-hydrogen) atoms.